The van der Waals surface area contributed by atoms with Crippen LogP contribution in [0.15, 0.2) is 34.4 Å². The van der Waals surface area contributed by atoms with Crippen LogP contribution in [-0.4, -0.2) is 10.5 Å². The fourth-order valence-corrected chi connectivity index (χ4v) is 3.16. The first kappa shape index (κ1) is 16.8. The van der Waals surface area contributed by atoms with Crippen molar-refractivity contribution in [2.75, 3.05) is 0 Å². The van der Waals surface area contributed by atoms with Gasteiger partial charge in [0.05, 0.1) is 6.04 Å². The second-order valence-corrected chi connectivity index (χ2v) is 6.38. The molecule has 22 heavy (non-hydrogen) atoms. The number of carbonyl (C=O) groups is 1. The van der Waals surface area contributed by atoms with Crippen molar-refractivity contribution in [1.29, 1.82) is 0 Å². The smallest absolute Gasteiger partial charge is 0.307 e. The Kier molecular flexibility index (Phi) is 5.80. The SMILES string of the molecule is CCC(NC(=O)CCn1c(C)csc1=O)c1ccc(Cl)cc1. The average molecular weight is 339 g/mol. The summed E-state index contributed by atoms with van der Waals surface area (Å²) in [5, 5.41) is 5.50. The first-order valence-electron chi connectivity index (χ1n) is 7.21. The first-order valence-corrected chi connectivity index (χ1v) is 8.46. The predicted molar refractivity (Wildman–Crippen MR) is 90.6 cm³/mol. The van der Waals surface area contributed by atoms with Crippen molar-refractivity contribution in [3.05, 3.63) is 55.6 Å². The molecular weight excluding hydrogens is 320 g/mol. The van der Waals surface area contributed by atoms with Crippen LogP contribution in [0.5, 0.6) is 0 Å². The Morgan fingerprint density at radius 1 is 1.36 bits per heavy atom. The van der Waals surface area contributed by atoms with Gasteiger partial charge in [0.1, 0.15) is 0 Å². The van der Waals surface area contributed by atoms with Gasteiger partial charge in [-0.2, -0.15) is 0 Å². The van der Waals surface area contributed by atoms with E-state index >= 15 is 0 Å². The Labute approximate surface area is 138 Å². The maximum Gasteiger partial charge on any atom is 0.307 e. The highest BCUT2D eigenvalue weighted by Gasteiger charge is 2.13. The summed E-state index contributed by atoms with van der Waals surface area (Å²) in [6.45, 7) is 4.31. The number of hydrogen-bond donors (Lipinski definition) is 1. The topological polar surface area (TPSA) is 51.1 Å². The van der Waals surface area contributed by atoms with Crippen molar-refractivity contribution < 1.29 is 4.79 Å². The van der Waals surface area contributed by atoms with Gasteiger partial charge >= 0.3 is 4.87 Å². The minimum Gasteiger partial charge on any atom is -0.349 e. The summed E-state index contributed by atoms with van der Waals surface area (Å²) in [6.07, 6.45) is 1.09. The number of hydrogen-bond acceptors (Lipinski definition) is 3. The molecule has 0 radical (unpaired) electrons. The third-order valence-electron chi connectivity index (χ3n) is 3.55. The van der Waals surface area contributed by atoms with E-state index in [-0.39, 0.29) is 16.8 Å². The van der Waals surface area contributed by atoms with Crippen LogP contribution in [0, 0.1) is 6.92 Å². The number of nitrogens with one attached hydrogen (secondary N) is 1. The lowest BCUT2D eigenvalue weighted by Gasteiger charge is -2.17. The highest BCUT2D eigenvalue weighted by Crippen LogP contribution is 2.19. The highest BCUT2D eigenvalue weighted by molar-refractivity contribution is 7.07. The van der Waals surface area contributed by atoms with Crippen LogP contribution in [0.3, 0.4) is 0 Å². The van der Waals surface area contributed by atoms with Gasteiger partial charge in [-0.3, -0.25) is 9.59 Å². The molecule has 0 aliphatic heterocycles. The van der Waals surface area contributed by atoms with Crippen LogP contribution < -0.4 is 10.2 Å². The number of nitrogens with zero attached hydrogens (tertiary/aromatic N) is 1. The third kappa shape index (κ3) is 4.21. The van der Waals surface area contributed by atoms with E-state index in [9.17, 15) is 9.59 Å². The zero-order valence-corrected chi connectivity index (χ0v) is 14.2. The van der Waals surface area contributed by atoms with Crippen LogP contribution >= 0.6 is 22.9 Å². The minimum absolute atomic E-state index is 0.0185. The number of aryl methyl sites for hydroxylation is 1. The second kappa shape index (κ2) is 7.61. The van der Waals surface area contributed by atoms with Crippen LogP contribution in [0.1, 0.15) is 37.1 Å². The Morgan fingerprint density at radius 2 is 2.05 bits per heavy atom. The van der Waals surface area contributed by atoms with Crippen molar-refractivity contribution in [2.24, 2.45) is 0 Å². The van der Waals surface area contributed by atoms with Gasteiger partial charge in [0.15, 0.2) is 0 Å². The van der Waals surface area contributed by atoms with Gasteiger partial charge in [0.2, 0.25) is 5.91 Å². The number of benzene rings is 1. The summed E-state index contributed by atoms with van der Waals surface area (Å²) < 4.78 is 1.63. The molecule has 1 unspecified atom stereocenters. The maximum atomic E-state index is 12.1. The van der Waals surface area contributed by atoms with E-state index < -0.39 is 0 Å². The van der Waals surface area contributed by atoms with Crippen LogP contribution in [0.25, 0.3) is 0 Å². The van der Waals surface area contributed by atoms with E-state index in [1.807, 2.05) is 43.5 Å². The standard InChI is InChI=1S/C16H19ClN2O2S/c1-3-14(12-4-6-13(17)7-5-12)18-15(20)8-9-19-11(2)10-22-16(19)21/h4-7,10,14H,3,8-9H2,1-2H3,(H,18,20). The van der Waals surface area contributed by atoms with Gasteiger partial charge in [-0.25, -0.2) is 0 Å². The molecule has 0 aliphatic rings. The number of carbonyl (C=O) groups excluding carboxylic acids is 1. The van der Waals surface area contributed by atoms with Crippen molar-refractivity contribution >= 4 is 28.8 Å². The predicted octanol–water partition coefficient (Wildman–Crippen LogP) is 3.53. The van der Waals surface area contributed by atoms with Crippen molar-refractivity contribution in [3.8, 4) is 0 Å². The Hall–Kier alpha value is -1.59. The normalized spacial score (nSPS) is 12.1. The molecule has 1 aromatic carbocycles. The van der Waals surface area contributed by atoms with E-state index in [4.69, 9.17) is 11.6 Å². The Bertz CT molecular complexity index is 691. The molecule has 0 bridgehead atoms. The van der Waals surface area contributed by atoms with Crippen LogP contribution in [0.2, 0.25) is 5.02 Å². The number of thiazole rings is 1. The molecule has 6 heteroatoms. The molecule has 0 saturated heterocycles. The van der Waals surface area contributed by atoms with Crippen LogP contribution in [-0.2, 0) is 11.3 Å². The first-order chi connectivity index (χ1) is 10.5. The van der Waals surface area contributed by atoms with Crippen molar-refractivity contribution in [3.63, 3.8) is 0 Å². The average Bonchev–Trinajstić information content (AvgIpc) is 2.82. The number of amides is 1. The van der Waals surface area contributed by atoms with E-state index in [2.05, 4.69) is 5.32 Å². The third-order valence-corrected chi connectivity index (χ3v) is 4.69. The summed E-state index contributed by atoms with van der Waals surface area (Å²) in [7, 11) is 0. The monoisotopic (exact) mass is 338 g/mol. The van der Waals surface area contributed by atoms with Gasteiger partial charge in [-0.15, -0.1) is 0 Å². The van der Waals surface area contributed by atoms with Gasteiger partial charge in [-0.1, -0.05) is 42.0 Å². The molecule has 0 spiro atoms. The molecule has 0 aliphatic carbocycles. The summed E-state index contributed by atoms with van der Waals surface area (Å²) in [5.41, 5.74) is 1.93. The Morgan fingerprint density at radius 3 is 2.59 bits per heavy atom. The molecule has 2 rings (SSSR count). The molecule has 1 amide bonds. The quantitative estimate of drug-likeness (QED) is 0.876. The van der Waals surface area contributed by atoms with Gasteiger partial charge < -0.3 is 9.88 Å². The molecule has 1 heterocycles. The van der Waals surface area contributed by atoms with Gasteiger partial charge in [-0.05, 0) is 31.0 Å². The molecule has 1 atom stereocenters. The molecule has 118 valence electrons. The lowest BCUT2D eigenvalue weighted by molar-refractivity contribution is -0.122. The summed E-state index contributed by atoms with van der Waals surface area (Å²) in [5.74, 6) is -0.0562. The molecule has 2 aromatic rings. The molecule has 1 aromatic heterocycles. The molecule has 4 nitrogen and oxygen atoms in total. The number of rotatable bonds is 6. The van der Waals surface area contributed by atoms with E-state index in [1.54, 1.807) is 4.57 Å². The molecule has 0 fully saturated rings. The second-order valence-electron chi connectivity index (χ2n) is 5.12. The van der Waals surface area contributed by atoms with E-state index in [0.29, 0.717) is 18.0 Å². The van der Waals surface area contributed by atoms with Gasteiger partial charge in [0, 0.05) is 29.1 Å². The zero-order chi connectivity index (χ0) is 16.1. The molecular formula is C16H19ClN2O2S. The van der Waals surface area contributed by atoms with Crippen molar-refractivity contribution in [2.45, 2.75) is 39.3 Å². The van der Waals surface area contributed by atoms with E-state index in [1.165, 1.54) is 0 Å². The Balaban J connectivity index is 1.95. The molecule has 1 N–H and O–H groups in total. The summed E-state index contributed by atoms with van der Waals surface area (Å²) in [6, 6.07) is 7.44. The fourth-order valence-electron chi connectivity index (χ4n) is 2.27. The highest BCUT2D eigenvalue weighted by atomic mass is 35.5. The van der Waals surface area contributed by atoms with E-state index in [0.717, 1.165) is 29.0 Å². The number of aromatic nitrogens is 1. The minimum atomic E-state index is -0.0562. The largest absolute Gasteiger partial charge is 0.349 e. The van der Waals surface area contributed by atoms with Crippen LogP contribution in [0.4, 0.5) is 0 Å². The zero-order valence-electron chi connectivity index (χ0n) is 12.6. The summed E-state index contributed by atoms with van der Waals surface area (Å²) in [4.78, 5) is 23.7. The molecule has 0 saturated carbocycles. The van der Waals surface area contributed by atoms with Gasteiger partial charge in [0.25, 0.3) is 0 Å². The van der Waals surface area contributed by atoms with Crippen molar-refractivity contribution in [1.82, 2.24) is 9.88 Å². The lowest BCUT2D eigenvalue weighted by Crippen LogP contribution is -2.29. The maximum absolute atomic E-state index is 12.1. The lowest BCUT2D eigenvalue weighted by atomic mass is 10.0. The number of halogens is 1. The summed E-state index contributed by atoms with van der Waals surface area (Å²) >= 11 is 7.05. The fraction of sp³-hybridized carbons (Fsp3) is 0.375.